The molecule has 0 saturated carbocycles. The summed E-state index contributed by atoms with van der Waals surface area (Å²) in [4.78, 5) is 1.25. The van der Waals surface area contributed by atoms with Crippen molar-refractivity contribution in [3.63, 3.8) is 0 Å². The van der Waals surface area contributed by atoms with E-state index in [0.29, 0.717) is 0 Å². The Morgan fingerprint density at radius 1 is 1.21 bits per heavy atom. The average molecular weight is 211 g/mol. The predicted molar refractivity (Wildman–Crippen MR) is 63.0 cm³/mol. The van der Waals surface area contributed by atoms with Crippen LogP contribution in [-0.2, 0) is 0 Å². The van der Waals surface area contributed by atoms with Crippen LogP contribution in [0, 0.1) is 0 Å². The summed E-state index contributed by atoms with van der Waals surface area (Å²) in [5.74, 6) is 0. The van der Waals surface area contributed by atoms with E-state index in [4.69, 9.17) is 0 Å². The van der Waals surface area contributed by atoms with Crippen LogP contribution in [0.15, 0.2) is 29.2 Å². The molecular formula is C11H17NOS. The lowest BCUT2D eigenvalue weighted by molar-refractivity contribution is 0.178. The van der Waals surface area contributed by atoms with E-state index >= 15 is 0 Å². The van der Waals surface area contributed by atoms with Crippen LogP contribution in [0.25, 0.3) is 0 Å². The highest BCUT2D eigenvalue weighted by Gasteiger charge is 2.07. The molecule has 0 heterocycles. The lowest BCUT2D eigenvalue weighted by Gasteiger charge is -2.17. The smallest absolute Gasteiger partial charge is 0.0710 e. The molecular weight excluding hydrogens is 194 g/mol. The van der Waals surface area contributed by atoms with Gasteiger partial charge in [-0.1, -0.05) is 0 Å². The Morgan fingerprint density at radius 2 is 1.79 bits per heavy atom. The summed E-state index contributed by atoms with van der Waals surface area (Å²) in [6.07, 6.45) is 1.72. The number of anilines is 1. The normalized spacial score (nSPS) is 14.9. The van der Waals surface area contributed by atoms with E-state index in [9.17, 15) is 5.11 Å². The Morgan fingerprint density at radius 3 is 2.21 bits per heavy atom. The standard InChI is InChI=1S/C11H17NOS/c1-8(9(2)13)12-10-4-6-11(14-3)7-5-10/h4-9,12-13H,1-3H3. The van der Waals surface area contributed by atoms with Gasteiger partial charge in [0.15, 0.2) is 0 Å². The van der Waals surface area contributed by atoms with Gasteiger partial charge < -0.3 is 10.4 Å². The van der Waals surface area contributed by atoms with Gasteiger partial charge in [0.05, 0.1) is 6.10 Å². The molecule has 14 heavy (non-hydrogen) atoms. The van der Waals surface area contributed by atoms with Crippen molar-refractivity contribution < 1.29 is 5.11 Å². The minimum atomic E-state index is -0.338. The van der Waals surface area contributed by atoms with Gasteiger partial charge in [-0.3, -0.25) is 0 Å². The average Bonchev–Trinajstić information content (AvgIpc) is 2.19. The monoisotopic (exact) mass is 211 g/mol. The van der Waals surface area contributed by atoms with Crippen molar-refractivity contribution in [3.05, 3.63) is 24.3 Å². The van der Waals surface area contributed by atoms with Gasteiger partial charge in [0.2, 0.25) is 0 Å². The highest BCUT2D eigenvalue weighted by atomic mass is 32.2. The van der Waals surface area contributed by atoms with Gasteiger partial charge in [0.1, 0.15) is 0 Å². The van der Waals surface area contributed by atoms with Gasteiger partial charge in [-0.15, -0.1) is 11.8 Å². The summed E-state index contributed by atoms with van der Waals surface area (Å²) in [5, 5.41) is 12.5. The lowest BCUT2D eigenvalue weighted by atomic mass is 10.2. The van der Waals surface area contributed by atoms with Gasteiger partial charge in [-0.25, -0.2) is 0 Å². The molecule has 2 unspecified atom stereocenters. The molecule has 2 atom stereocenters. The number of rotatable bonds is 4. The van der Waals surface area contributed by atoms with Crippen molar-refractivity contribution >= 4 is 17.4 Å². The topological polar surface area (TPSA) is 32.3 Å². The molecule has 0 aromatic heterocycles. The Bertz CT molecular complexity index is 271. The second-order valence-electron chi connectivity index (χ2n) is 3.40. The fourth-order valence-corrected chi connectivity index (χ4v) is 1.48. The minimum Gasteiger partial charge on any atom is -0.391 e. The van der Waals surface area contributed by atoms with Gasteiger partial charge in [-0.2, -0.15) is 0 Å². The molecule has 2 nitrogen and oxygen atoms in total. The largest absolute Gasteiger partial charge is 0.391 e. The number of benzene rings is 1. The zero-order chi connectivity index (χ0) is 10.6. The van der Waals surface area contributed by atoms with E-state index in [0.717, 1.165) is 5.69 Å². The highest BCUT2D eigenvalue weighted by Crippen LogP contribution is 2.18. The third kappa shape index (κ3) is 3.24. The van der Waals surface area contributed by atoms with Crippen molar-refractivity contribution in [2.75, 3.05) is 11.6 Å². The first-order valence-corrected chi connectivity index (χ1v) is 5.94. The van der Waals surface area contributed by atoms with Crippen LogP contribution >= 0.6 is 11.8 Å². The van der Waals surface area contributed by atoms with E-state index in [1.165, 1.54) is 4.90 Å². The minimum absolute atomic E-state index is 0.0788. The predicted octanol–water partition coefficient (Wildman–Crippen LogP) is 2.59. The first-order chi connectivity index (χ1) is 6.63. The van der Waals surface area contributed by atoms with Crippen molar-refractivity contribution in [2.24, 2.45) is 0 Å². The van der Waals surface area contributed by atoms with Crippen LogP contribution in [0.2, 0.25) is 0 Å². The van der Waals surface area contributed by atoms with E-state index in [2.05, 4.69) is 23.7 Å². The first-order valence-electron chi connectivity index (χ1n) is 4.72. The highest BCUT2D eigenvalue weighted by molar-refractivity contribution is 7.98. The van der Waals surface area contributed by atoms with Crippen molar-refractivity contribution in [3.8, 4) is 0 Å². The Balaban J connectivity index is 2.59. The molecule has 78 valence electrons. The van der Waals surface area contributed by atoms with Crippen molar-refractivity contribution in [1.82, 2.24) is 0 Å². The second kappa shape index (κ2) is 5.27. The molecule has 3 heteroatoms. The van der Waals surface area contributed by atoms with Crippen LogP contribution in [-0.4, -0.2) is 23.5 Å². The summed E-state index contributed by atoms with van der Waals surface area (Å²) in [5.41, 5.74) is 1.05. The molecule has 0 aliphatic heterocycles. The number of hydrogen-bond acceptors (Lipinski definition) is 3. The zero-order valence-corrected chi connectivity index (χ0v) is 9.64. The van der Waals surface area contributed by atoms with Gasteiger partial charge in [0, 0.05) is 16.6 Å². The molecule has 0 radical (unpaired) electrons. The number of thioether (sulfide) groups is 1. The number of aliphatic hydroxyl groups is 1. The molecule has 0 amide bonds. The number of aliphatic hydroxyl groups excluding tert-OH is 1. The van der Waals surface area contributed by atoms with Gasteiger partial charge in [-0.05, 0) is 44.4 Å². The summed E-state index contributed by atoms with van der Waals surface area (Å²) < 4.78 is 0. The van der Waals surface area contributed by atoms with Gasteiger partial charge in [0.25, 0.3) is 0 Å². The van der Waals surface area contributed by atoms with Crippen LogP contribution in [0.1, 0.15) is 13.8 Å². The third-order valence-electron chi connectivity index (χ3n) is 2.21. The van der Waals surface area contributed by atoms with Crippen LogP contribution in [0.3, 0.4) is 0 Å². The van der Waals surface area contributed by atoms with E-state index in [1.807, 2.05) is 19.1 Å². The van der Waals surface area contributed by atoms with E-state index < -0.39 is 0 Å². The maximum Gasteiger partial charge on any atom is 0.0710 e. The quantitative estimate of drug-likeness (QED) is 0.751. The maximum absolute atomic E-state index is 9.32. The van der Waals surface area contributed by atoms with Crippen molar-refractivity contribution in [1.29, 1.82) is 0 Å². The number of hydrogen-bond donors (Lipinski definition) is 2. The molecule has 2 N–H and O–H groups in total. The zero-order valence-electron chi connectivity index (χ0n) is 8.82. The number of nitrogens with one attached hydrogen (secondary N) is 1. The molecule has 1 rings (SSSR count). The van der Waals surface area contributed by atoms with Crippen molar-refractivity contribution in [2.45, 2.75) is 30.9 Å². The van der Waals surface area contributed by atoms with Crippen LogP contribution in [0.5, 0.6) is 0 Å². The maximum atomic E-state index is 9.32. The second-order valence-corrected chi connectivity index (χ2v) is 4.28. The SMILES string of the molecule is CSc1ccc(NC(C)C(C)O)cc1. The van der Waals surface area contributed by atoms with E-state index in [1.54, 1.807) is 18.7 Å². The fraction of sp³-hybridized carbons (Fsp3) is 0.455. The first kappa shape index (κ1) is 11.4. The van der Waals surface area contributed by atoms with Gasteiger partial charge >= 0.3 is 0 Å². The Kier molecular flexibility index (Phi) is 4.29. The Hall–Kier alpha value is -0.670. The molecule has 0 aliphatic rings. The molecule has 0 bridgehead atoms. The lowest BCUT2D eigenvalue weighted by Crippen LogP contribution is -2.27. The molecule has 0 aliphatic carbocycles. The summed E-state index contributed by atoms with van der Waals surface area (Å²) in [6.45, 7) is 3.75. The Labute approximate surface area is 89.7 Å². The molecule has 0 spiro atoms. The molecule has 0 fully saturated rings. The van der Waals surface area contributed by atoms with E-state index in [-0.39, 0.29) is 12.1 Å². The third-order valence-corrected chi connectivity index (χ3v) is 2.95. The summed E-state index contributed by atoms with van der Waals surface area (Å²) in [7, 11) is 0. The summed E-state index contributed by atoms with van der Waals surface area (Å²) >= 11 is 1.73. The molecule has 0 saturated heterocycles. The molecule has 1 aromatic rings. The van der Waals surface area contributed by atoms with Crippen LogP contribution in [0.4, 0.5) is 5.69 Å². The fourth-order valence-electron chi connectivity index (χ4n) is 1.07. The summed E-state index contributed by atoms with van der Waals surface area (Å²) in [6, 6.07) is 8.29. The van der Waals surface area contributed by atoms with Crippen LogP contribution < -0.4 is 5.32 Å². The molecule has 1 aromatic carbocycles.